The monoisotopic (exact) mass is 594 g/mol. The molecule has 1 aromatic rings. The predicted octanol–water partition coefficient (Wildman–Crippen LogP) is 6.29. The molecule has 206 valence electrons. The van der Waals surface area contributed by atoms with Gasteiger partial charge in [-0.25, -0.2) is 0 Å². The molecule has 1 aliphatic rings. The number of ether oxygens (including phenoxy) is 4. The highest BCUT2D eigenvalue weighted by Gasteiger charge is 2.53. The molecule has 0 aromatic heterocycles. The lowest BCUT2D eigenvalue weighted by molar-refractivity contribution is -0.249. The summed E-state index contributed by atoms with van der Waals surface area (Å²) >= 11 is 17.4. The number of nitrogens with zero attached hydrogens (tertiary/aromatic N) is 3. The Morgan fingerprint density at radius 1 is 1.16 bits per heavy atom. The highest BCUT2D eigenvalue weighted by atomic mass is 35.6. The molecule has 1 aromatic carbocycles. The van der Waals surface area contributed by atoms with Crippen LogP contribution in [0.15, 0.2) is 35.4 Å². The van der Waals surface area contributed by atoms with Gasteiger partial charge in [-0.2, -0.15) is 0 Å². The van der Waals surface area contributed by atoms with E-state index in [9.17, 15) is 10.3 Å². The van der Waals surface area contributed by atoms with E-state index in [4.69, 9.17) is 63.6 Å². The van der Waals surface area contributed by atoms with Crippen LogP contribution >= 0.6 is 34.8 Å². The Bertz CT molecular complexity index is 983. The molecule has 1 unspecified atom stereocenters. The molecule has 1 saturated heterocycles. The largest absolute Gasteiger partial charge is 0.459 e. The first kappa shape index (κ1) is 31.7. The Morgan fingerprint density at radius 2 is 1.78 bits per heavy atom. The average Bonchev–Trinajstić information content (AvgIpc) is 2.77. The number of nitrogens with one attached hydrogen (secondary N) is 1. The third-order valence-electron chi connectivity index (χ3n) is 6.22. The van der Waals surface area contributed by atoms with Gasteiger partial charge in [0.1, 0.15) is 24.4 Å². The zero-order valence-corrected chi connectivity index (χ0v) is 24.9. The van der Waals surface area contributed by atoms with E-state index in [2.05, 4.69) is 30.8 Å². The molecular formula is C23H33Cl3N4O6Si. The van der Waals surface area contributed by atoms with Gasteiger partial charge in [-0.15, -0.1) is 0 Å². The Kier molecular flexibility index (Phi) is 11.1. The zero-order chi connectivity index (χ0) is 28.0. The minimum absolute atomic E-state index is 0.00982. The summed E-state index contributed by atoms with van der Waals surface area (Å²) < 4.78 is 27.6. The number of hydrogen-bond acceptors (Lipinski definition) is 8. The number of alkyl halides is 3. The molecule has 0 aliphatic carbocycles. The minimum Gasteiger partial charge on any atom is -0.459 e. The van der Waals surface area contributed by atoms with Gasteiger partial charge < -0.3 is 23.4 Å². The highest BCUT2D eigenvalue weighted by molar-refractivity contribution is 6.76. The predicted molar refractivity (Wildman–Crippen MR) is 144 cm³/mol. The zero-order valence-electron chi connectivity index (χ0n) is 21.6. The third-order valence-corrected chi connectivity index (χ3v) is 11.2. The fourth-order valence-corrected chi connectivity index (χ4v) is 4.79. The third kappa shape index (κ3) is 9.00. The van der Waals surface area contributed by atoms with Gasteiger partial charge in [0.25, 0.3) is 3.79 Å². The smallest absolute Gasteiger partial charge is 0.303 e. The molecule has 10 nitrogen and oxygen atoms in total. The SMILES string of the molecule is CC(=O)O[C@H]1[C@H](O[Si](C)(C)C(C)(C)C)[C@@H](COCc2ccccc2)OC(OC(=N)C(Cl)(Cl)Cl)[C@@H]1N=[N+]=[N-]. The lowest BCUT2D eigenvalue weighted by Gasteiger charge is -2.48. The summed E-state index contributed by atoms with van der Waals surface area (Å²) in [6.45, 7) is 11.8. The normalized spacial score (nSPS) is 24.6. The number of esters is 1. The summed E-state index contributed by atoms with van der Waals surface area (Å²) in [5, 5.41) is 11.6. The van der Waals surface area contributed by atoms with E-state index in [-0.39, 0.29) is 18.3 Å². The van der Waals surface area contributed by atoms with Gasteiger partial charge in [0.05, 0.1) is 13.2 Å². The van der Waals surface area contributed by atoms with Crippen molar-refractivity contribution in [1.29, 1.82) is 5.41 Å². The summed E-state index contributed by atoms with van der Waals surface area (Å²) in [5.74, 6) is -1.39. The van der Waals surface area contributed by atoms with E-state index in [1.54, 1.807) is 0 Å². The molecule has 37 heavy (non-hydrogen) atoms. The number of azide groups is 1. The molecule has 5 atom stereocenters. The first-order valence-corrected chi connectivity index (χ1v) is 15.6. The van der Waals surface area contributed by atoms with Crippen molar-refractivity contribution >= 4 is 55.0 Å². The van der Waals surface area contributed by atoms with Crippen LogP contribution in [0, 0.1) is 5.41 Å². The van der Waals surface area contributed by atoms with Crippen molar-refractivity contribution in [3.8, 4) is 0 Å². The van der Waals surface area contributed by atoms with Gasteiger partial charge in [0.15, 0.2) is 8.32 Å². The summed E-state index contributed by atoms with van der Waals surface area (Å²) in [7, 11) is -2.47. The van der Waals surface area contributed by atoms with Gasteiger partial charge in [-0.05, 0) is 29.2 Å². The Morgan fingerprint density at radius 3 is 2.30 bits per heavy atom. The van der Waals surface area contributed by atoms with Crippen LogP contribution in [-0.2, 0) is 34.8 Å². The second kappa shape index (κ2) is 13.0. The maximum Gasteiger partial charge on any atom is 0.303 e. The average molecular weight is 596 g/mol. The molecule has 1 aliphatic heterocycles. The summed E-state index contributed by atoms with van der Waals surface area (Å²) in [6.07, 6.45) is -4.28. The topological polar surface area (TPSA) is 136 Å². The molecule has 1 N–H and O–H groups in total. The number of hydrogen-bond donors (Lipinski definition) is 1. The van der Waals surface area contributed by atoms with Crippen molar-refractivity contribution in [1.82, 2.24) is 0 Å². The maximum atomic E-state index is 12.1. The van der Waals surface area contributed by atoms with Crippen LogP contribution in [0.25, 0.3) is 10.4 Å². The van der Waals surface area contributed by atoms with Gasteiger partial charge in [0, 0.05) is 11.8 Å². The lowest BCUT2D eigenvalue weighted by Crippen LogP contribution is -2.64. The molecular weight excluding hydrogens is 563 g/mol. The number of carbonyl (C=O) groups excluding carboxylic acids is 1. The van der Waals surface area contributed by atoms with Crippen molar-refractivity contribution in [3.05, 3.63) is 46.3 Å². The standard InChI is InChI=1S/C23H33Cl3N4O6Si/c1-14(31)33-19-17(29-30-28)20(35-21(27)23(24,25)26)34-16(13-32-12-15-10-8-7-9-11-15)18(19)36-37(5,6)22(2,3)4/h7-11,16-20,27H,12-13H2,1-6H3/t16-,17-,18-,19-,20?/m1/s1. The van der Waals surface area contributed by atoms with E-state index >= 15 is 0 Å². The molecule has 2 rings (SSSR count). The molecule has 14 heteroatoms. The summed E-state index contributed by atoms with van der Waals surface area (Å²) in [5.41, 5.74) is 10.2. The highest BCUT2D eigenvalue weighted by Crippen LogP contribution is 2.41. The Balaban J connectivity index is 2.47. The van der Waals surface area contributed by atoms with Crippen molar-refractivity contribution in [2.24, 2.45) is 5.11 Å². The quantitative estimate of drug-likeness (QED) is 0.0520. The minimum atomic E-state index is -2.47. The second-order valence-corrected chi connectivity index (χ2v) is 17.1. The van der Waals surface area contributed by atoms with Crippen molar-refractivity contribution in [2.75, 3.05) is 6.61 Å². The molecule has 0 radical (unpaired) electrons. The fourth-order valence-electron chi connectivity index (χ4n) is 3.34. The first-order chi connectivity index (χ1) is 17.1. The molecule has 1 heterocycles. The molecule has 1 fully saturated rings. The Hall–Kier alpha value is -1.56. The van der Waals surface area contributed by atoms with Crippen molar-refractivity contribution in [2.45, 2.75) is 86.9 Å². The van der Waals surface area contributed by atoms with Crippen LogP contribution in [-0.4, -0.2) is 61.2 Å². The van der Waals surface area contributed by atoms with E-state index in [1.165, 1.54) is 6.92 Å². The lowest BCUT2D eigenvalue weighted by atomic mass is 9.97. The Labute approximate surface area is 233 Å². The summed E-state index contributed by atoms with van der Waals surface area (Å²) in [6, 6.07) is 8.27. The molecule has 0 spiro atoms. The van der Waals surface area contributed by atoms with E-state index < -0.39 is 54.6 Å². The van der Waals surface area contributed by atoms with E-state index in [0.29, 0.717) is 0 Å². The first-order valence-electron chi connectivity index (χ1n) is 11.6. The number of benzene rings is 1. The second-order valence-electron chi connectivity index (χ2n) is 10.1. The fraction of sp³-hybridized carbons (Fsp3) is 0.652. The van der Waals surface area contributed by atoms with Gasteiger partial charge >= 0.3 is 5.97 Å². The van der Waals surface area contributed by atoms with Crippen LogP contribution in [0.2, 0.25) is 18.1 Å². The molecule has 0 bridgehead atoms. The van der Waals surface area contributed by atoms with E-state index in [1.807, 2.05) is 43.4 Å². The van der Waals surface area contributed by atoms with Crippen LogP contribution in [0.1, 0.15) is 33.3 Å². The van der Waals surface area contributed by atoms with Crippen LogP contribution in [0.3, 0.4) is 0 Å². The summed E-state index contributed by atoms with van der Waals surface area (Å²) in [4.78, 5) is 15.0. The van der Waals surface area contributed by atoms with Crippen LogP contribution < -0.4 is 0 Å². The van der Waals surface area contributed by atoms with Crippen molar-refractivity contribution in [3.63, 3.8) is 0 Å². The van der Waals surface area contributed by atoms with E-state index in [0.717, 1.165) is 5.56 Å². The molecule has 0 amide bonds. The van der Waals surface area contributed by atoms with Crippen molar-refractivity contribution < 1.29 is 28.2 Å². The number of carbonyl (C=O) groups is 1. The maximum absolute atomic E-state index is 12.1. The number of halogens is 3. The van der Waals surface area contributed by atoms with Crippen LogP contribution in [0.5, 0.6) is 0 Å². The van der Waals surface area contributed by atoms with Gasteiger partial charge in [-0.3, -0.25) is 10.2 Å². The van der Waals surface area contributed by atoms with Crippen LogP contribution in [0.4, 0.5) is 0 Å². The van der Waals surface area contributed by atoms with Gasteiger partial charge in [0.2, 0.25) is 12.2 Å². The molecule has 0 saturated carbocycles. The van der Waals surface area contributed by atoms with Gasteiger partial charge in [-0.1, -0.05) is 91.0 Å². The number of rotatable bonds is 9.